The number of carboxylic acids is 1. The zero-order valence-electron chi connectivity index (χ0n) is 12.3. The van der Waals surface area contributed by atoms with Gasteiger partial charge >= 0.3 is 5.97 Å². The van der Waals surface area contributed by atoms with Crippen LogP contribution in [0.1, 0.15) is 33.6 Å². The highest BCUT2D eigenvalue weighted by molar-refractivity contribution is 6.23. The monoisotopic (exact) mass is 332 g/mol. The van der Waals surface area contributed by atoms with E-state index < -0.39 is 42.2 Å². The van der Waals surface area contributed by atoms with Gasteiger partial charge in [0.05, 0.1) is 11.1 Å². The van der Waals surface area contributed by atoms with Crippen molar-refractivity contribution in [2.24, 2.45) is 0 Å². The average molecular weight is 332 g/mol. The maximum atomic E-state index is 12.5. The molecule has 1 atom stereocenters. The highest BCUT2D eigenvalue weighted by Gasteiger charge is 2.44. The normalized spacial score (nSPS) is 20.0. The van der Waals surface area contributed by atoms with Crippen molar-refractivity contribution in [3.63, 3.8) is 0 Å². The van der Waals surface area contributed by atoms with Gasteiger partial charge < -0.3 is 9.84 Å². The Bertz CT molecular complexity index is 786. The molecule has 0 bridgehead atoms. The summed E-state index contributed by atoms with van der Waals surface area (Å²) in [6, 6.07) is 2.95. The van der Waals surface area contributed by atoms with Crippen LogP contribution in [0, 0.1) is 0 Å². The van der Waals surface area contributed by atoms with Crippen LogP contribution in [-0.2, 0) is 14.4 Å². The Morgan fingerprint density at radius 2 is 1.92 bits per heavy atom. The molecule has 9 nitrogen and oxygen atoms in total. The third kappa shape index (κ3) is 2.60. The molecule has 0 aliphatic carbocycles. The standard InChI is InChI=1S/C15H12N2O7/c18-11-4-3-10(13(21)16-11)17-14(22)8-2-1-7(24-6-12(19)20)5-9(8)15(17)23/h1-2,5,10H,3-4,6H2,(H,19,20)(H,16,18,21). The van der Waals surface area contributed by atoms with Gasteiger partial charge in [0.1, 0.15) is 11.8 Å². The number of imide groups is 2. The number of hydrogen-bond donors (Lipinski definition) is 2. The van der Waals surface area contributed by atoms with E-state index in [1.807, 2.05) is 0 Å². The van der Waals surface area contributed by atoms with E-state index in [1.54, 1.807) is 0 Å². The molecular weight excluding hydrogens is 320 g/mol. The van der Waals surface area contributed by atoms with Crippen LogP contribution >= 0.6 is 0 Å². The molecule has 2 aliphatic rings. The van der Waals surface area contributed by atoms with E-state index in [0.29, 0.717) is 0 Å². The predicted octanol–water partition coefficient (Wildman–Crippen LogP) is -0.449. The Balaban J connectivity index is 1.86. The summed E-state index contributed by atoms with van der Waals surface area (Å²) in [5, 5.41) is 10.7. The molecule has 9 heteroatoms. The quantitative estimate of drug-likeness (QED) is 0.714. The van der Waals surface area contributed by atoms with E-state index >= 15 is 0 Å². The Kier molecular flexibility index (Phi) is 3.76. The first-order valence-electron chi connectivity index (χ1n) is 7.08. The lowest BCUT2D eigenvalue weighted by molar-refractivity contribution is -0.139. The highest BCUT2D eigenvalue weighted by atomic mass is 16.5. The lowest BCUT2D eigenvalue weighted by atomic mass is 10.0. The van der Waals surface area contributed by atoms with Gasteiger partial charge in [-0.1, -0.05) is 0 Å². The van der Waals surface area contributed by atoms with Gasteiger partial charge in [0.2, 0.25) is 11.8 Å². The molecule has 0 aromatic heterocycles. The van der Waals surface area contributed by atoms with E-state index in [-0.39, 0.29) is 29.7 Å². The van der Waals surface area contributed by atoms with Crippen molar-refractivity contribution >= 4 is 29.6 Å². The average Bonchev–Trinajstić information content (AvgIpc) is 2.77. The van der Waals surface area contributed by atoms with E-state index in [2.05, 4.69) is 5.32 Å². The Hall–Kier alpha value is -3.23. The molecule has 1 fully saturated rings. The van der Waals surface area contributed by atoms with Crippen molar-refractivity contribution in [2.75, 3.05) is 6.61 Å². The molecular formula is C15H12N2O7. The van der Waals surface area contributed by atoms with Gasteiger partial charge in [0, 0.05) is 6.42 Å². The third-order valence-corrected chi connectivity index (χ3v) is 3.77. The topological polar surface area (TPSA) is 130 Å². The van der Waals surface area contributed by atoms with E-state index in [0.717, 1.165) is 4.90 Å². The lowest BCUT2D eigenvalue weighted by Crippen LogP contribution is -2.54. The number of aliphatic carboxylic acids is 1. The second-order valence-corrected chi connectivity index (χ2v) is 5.34. The number of carboxylic acid groups (broad SMARTS) is 1. The maximum absolute atomic E-state index is 12.5. The maximum Gasteiger partial charge on any atom is 0.341 e. The zero-order chi connectivity index (χ0) is 17.4. The molecule has 1 aromatic carbocycles. The molecule has 2 heterocycles. The molecule has 1 aromatic rings. The predicted molar refractivity (Wildman–Crippen MR) is 76.2 cm³/mol. The first kappa shape index (κ1) is 15.7. The number of ether oxygens (including phenoxy) is 1. The van der Waals surface area contributed by atoms with E-state index in [1.165, 1.54) is 18.2 Å². The van der Waals surface area contributed by atoms with Crippen molar-refractivity contribution in [3.05, 3.63) is 29.3 Å². The molecule has 124 valence electrons. The summed E-state index contributed by atoms with van der Waals surface area (Å²) in [7, 11) is 0. The molecule has 4 amide bonds. The molecule has 2 aliphatic heterocycles. The lowest BCUT2D eigenvalue weighted by Gasteiger charge is -2.27. The molecule has 0 saturated carbocycles. The number of piperidine rings is 1. The van der Waals surface area contributed by atoms with Crippen molar-refractivity contribution in [2.45, 2.75) is 18.9 Å². The number of rotatable bonds is 4. The summed E-state index contributed by atoms with van der Waals surface area (Å²) in [6.07, 6.45) is 0.106. The Labute approximate surface area is 135 Å². The molecule has 1 saturated heterocycles. The molecule has 0 radical (unpaired) electrons. The summed E-state index contributed by atoms with van der Waals surface area (Å²) in [5.41, 5.74) is 0.139. The van der Waals surface area contributed by atoms with Crippen LogP contribution in [-0.4, -0.2) is 52.3 Å². The number of fused-ring (bicyclic) bond motifs is 1. The summed E-state index contributed by atoms with van der Waals surface area (Å²) in [4.78, 5) is 59.4. The summed E-state index contributed by atoms with van der Waals surface area (Å²) < 4.78 is 4.99. The minimum Gasteiger partial charge on any atom is -0.482 e. The van der Waals surface area contributed by atoms with Gasteiger partial charge in [-0.15, -0.1) is 0 Å². The van der Waals surface area contributed by atoms with Gasteiger partial charge in [-0.05, 0) is 24.6 Å². The van der Waals surface area contributed by atoms with Crippen molar-refractivity contribution in [3.8, 4) is 5.75 Å². The van der Waals surface area contributed by atoms with Crippen LogP contribution in [0.4, 0.5) is 0 Å². The van der Waals surface area contributed by atoms with Crippen LogP contribution in [0.15, 0.2) is 18.2 Å². The fraction of sp³-hybridized carbons (Fsp3) is 0.267. The number of benzene rings is 1. The van der Waals surface area contributed by atoms with Crippen LogP contribution in [0.5, 0.6) is 5.75 Å². The second-order valence-electron chi connectivity index (χ2n) is 5.34. The number of nitrogens with zero attached hydrogens (tertiary/aromatic N) is 1. The minimum absolute atomic E-state index is 0.0348. The summed E-state index contributed by atoms with van der Waals surface area (Å²) >= 11 is 0. The van der Waals surface area contributed by atoms with Crippen molar-refractivity contribution in [1.29, 1.82) is 0 Å². The molecule has 0 spiro atoms. The van der Waals surface area contributed by atoms with Crippen LogP contribution < -0.4 is 10.1 Å². The smallest absolute Gasteiger partial charge is 0.341 e. The SMILES string of the molecule is O=C(O)COc1ccc2c(c1)C(=O)N(C1CCC(=O)NC1=O)C2=O. The fourth-order valence-electron chi connectivity index (χ4n) is 2.68. The van der Waals surface area contributed by atoms with Crippen LogP contribution in [0.2, 0.25) is 0 Å². The van der Waals surface area contributed by atoms with Crippen molar-refractivity contribution in [1.82, 2.24) is 10.2 Å². The Morgan fingerprint density at radius 3 is 2.58 bits per heavy atom. The third-order valence-electron chi connectivity index (χ3n) is 3.77. The number of nitrogens with one attached hydrogen (secondary N) is 1. The zero-order valence-corrected chi connectivity index (χ0v) is 12.3. The summed E-state index contributed by atoms with van der Waals surface area (Å²) in [6.45, 7) is -0.586. The molecule has 2 N–H and O–H groups in total. The number of carbonyl (C=O) groups excluding carboxylic acids is 4. The van der Waals surface area contributed by atoms with Gasteiger partial charge in [0.25, 0.3) is 11.8 Å². The van der Waals surface area contributed by atoms with Crippen molar-refractivity contribution < 1.29 is 33.8 Å². The van der Waals surface area contributed by atoms with Gasteiger partial charge in [-0.25, -0.2) is 4.79 Å². The first-order chi connectivity index (χ1) is 11.4. The van der Waals surface area contributed by atoms with E-state index in [9.17, 15) is 24.0 Å². The summed E-state index contributed by atoms with van der Waals surface area (Å²) in [5.74, 6) is -3.50. The van der Waals surface area contributed by atoms with E-state index in [4.69, 9.17) is 9.84 Å². The molecule has 1 unspecified atom stereocenters. The van der Waals surface area contributed by atoms with Crippen LogP contribution in [0.25, 0.3) is 0 Å². The number of carbonyl (C=O) groups is 5. The van der Waals surface area contributed by atoms with Gasteiger partial charge in [-0.3, -0.25) is 29.4 Å². The highest BCUT2D eigenvalue weighted by Crippen LogP contribution is 2.30. The number of hydrogen-bond acceptors (Lipinski definition) is 6. The first-order valence-corrected chi connectivity index (χ1v) is 7.08. The largest absolute Gasteiger partial charge is 0.482 e. The Morgan fingerprint density at radius 1 is 1.21 bits per heavy atom. The molecule has 3 rings (SSSR count). The number of amides is 4. The second kappa shape index (κ2) is 5.76. The minimum atomic E-state index is -1.18. The van der Waals surface area contributed by atoms with Gasteiger partial charge in [-0.2, -0.15) is 0 Å². The van der Waals surface area contributed by atoms with Crippen LogP contribution in [0.3, 0.4) is 0 Å². The fourth-order valence-corrected chi connectivity index (χ4v) is 2.68. The molecule has 24 heavy (non-hydrogen) atoms. The van der Waals surface area contributed by atoms with Gasteiger partial charge in [0.15, 0.2) is 6.61 Å².